The molecule has 1 aliphatic rings. The maximum absolute atomic E-state index is 6.51. The second-order valence-electron chi connectivity index (χ2n) is 8.23. The molecule has 3 aromatic carbocycles. The van der Waals surface area contributed by atoms with Crippen LogP contribution in [0.5, 0.6) is 5.75 Å². The Bertz CT molecular complexity index is 1150. The summed E-state index contributed by atoms with van der Waals surface area (Å²) in [5, 5.41) is 0. The lowest BCUT2D eigenvalue weighted by molar-refractivity contribution is 0.405. The number of oxazole rings is 1. The monoisotopic (exact) mass is 421 g/mol. The van der Waals surface area contributed by atoms with E-state index in [1.54, 1.807) is 7.11 Å². The zero-order chi connectivity index (χ0) is 21.8. The Hall–Kier alpha value is -3.59. The van der Waals surface area contributed by atoms with Gasteiger partial charge in [-0.2, -0.15) is 0 Å². The van der Waals surface area contributed by atoms with Crippen LogP contribution >= 0.6 is 0 Å². The Balaban J connectivity index is 1.56. The molecule has 1 atom stereocenters. The Morgan fingerprint density at radius 1 is 0.875 bits per heavy atom. The molecule has 0 saturated heterocycles. The van der Waals surface area contributed by atoms with E-state index in [0.717, 1.165) is 53.5 Å². The number of hydrogen-bond acceptors (Lipinski definition) is 3. The van der Waals surface area contributed by atoms with Crippen molar-refractivity contribution in [3.8, 4) is 28.3 Å². The number of allylic oxidation sites excluding steroid dienone is 2. The van der Waals surface area contributed by atoms with Gasteiger partial charge in [-0.25, -0.2) is 4.98 Å². The summed E-state index contributed by atoms with van der Waals surface area (Å²) in [7, 11) is 1.74. The van der Waals surface area contributed by atoms with Crippen molar-refractivity contribution < 1.29 is 9.15 Å². The van der Waals surface area contributed by atoms with Crippen molar-refractivity contribution in [2.45, 2.75) is 25.7 Å². The molecule has 3 heteroatoms. The van der Waals surface area contributed by atoms with Gasteiger partial charge < -0.3 is 9.15 Å². The number of nitrogens with zero attached hydrogens (tertiary/aromatic N) is 1. The first-order valence-corrected chi connectivity index (χ1v) is 11.3. The maximum atomic E-state index is 6.51. The largest absolute Gasteiger partial charge is 0.496 e. The van der Waals surface area contributed by atoms with Crippen molar-refractivity contribution in [2.24, 2.45) is 5.92 Å². The first-order valence-electron chi connectivity index (χ1n) is 11.3. The average Bonchev–Trinajstić information content (AvgIpc) is 3.31. The van der Waals surface area contributed by atoms with Crippen LogP contribution in [-0.4, -0.2) is 12.1 Å². The molecule has 0 saturated carbocycles. The highest BCUT2D eigenvalue weighted by Crippen LogP contribution is 2.40. The van der Waals surface area contributed by atoms with Crippen LogP contribution in [0.15, 0.2) is 95.4 Å². The highest BCUT2D eigenvalue weighted by Gasteiger charge is 2.26. The molecule has 32 heavy (non-hydrogen) atoms. The summed E-state index contributed by atoms with van der Waals surface area (Å²) in [6.07, 6.45) is 6.59. The van der Waals surface area contributed by atoms with E-state index in [1.807, 2.05) is 48.5 Å². The van der Waals surface area contributed by atoms with Gasteiger partial charge in [0.25, 0.3) is 0 Å². The fraction of sp³-hybridized carbons (Fsp3) is 0.207. The van der Waals surface area contributed by atoms with Gasteiger partial charge in [0.05, 0.1) is 7.11 Å². The van der Waals surface area contributed by atoms with Gasteiger partial charge in [0.15, 0.2) is 5.76 Å². The lowest BCUT2D eigenvalue weighted by atomic mass is 9.83. The molecule has 0 bridgehead atoms. The van der Waals surface area contributed by atoms with E-state index < -0.39 is 0 Å². The Labute approximate surface area is 189 Å². The molecule has 4 aromatic rings. The van der Waals surface area contributed by atoms with Crippen molar-refractivity contribution in [2.75, 3.05) is 7.11 Å². The topological polar surface area (TPSA) is 35.3 Å². The summed E-state index contributed by atoms with van der Waals surface area (Å²) >= 11 is 0. The van der Waals surface area contributed by atoms with Gasteiger partial charge in [-0.3, -0.25) is 0 Å². The van der Waals surface area contributed by atoms with Crippen molar-refractivity contribution in [1.82, 2.24) is 4.98 Å². The number of para-hydroxylation sites is 1. The Morgan fingerprint density at radius 2 is 1.56 bits per heavy atom. The summed E-state index contributed by atoms with van der Waals surface area (Å²) in [6.45, 7) is 0. The molecule has 1 aromatic heterocycles. The van der Waals surface area contributed by atoms with E-state index in [2.05, 4.69) is 42.5 Å². The minimum absolute atomic E-state index is 0.353. The van der Waals surface area contributed by atoms with Crippen LogP contribution < -0.4 is 4.74 Å². The lowest BCUT2D eigenvalue weighted by Gasteiger charge is -2.23. The van der Waals surface area contributed by atoms with Crippen molar-refractivity contribution >= 4 is 5.57 Å². The molecule has 5 rings (SSSR count). The van der Waals surface area contributed by atoms with E-state index in [9.17, 15) is 0 Å². The first-order chi connectivity index (χ1) is 15.8. The minimum Gasteiger partial charge on any atom is -0.496 e. The zero-order valence-corrected chi connectivity index (χ0v) is 18.3. The van der Waals surface area contributed by atoms with E-state index in [1.165, 1.54) is 17.6 Å². The second-order valence-corrected chi connectivity index (χ2v) is 8.23. The number of hydrogen-bond donors (Lipinski definition) is 0. The van der Waals surface area contributed by atoms with Gasteiger partial charge in [0, 0.05) is 16.7 Å². The van der Waals surface area contributed by atoms with Crippen LogP contribution in [-0.2, 0) is 6.42 Å². The Morgan fingerprint density at radius 3 is 2.31 bits per heavy atom. The van der Waals surface area contributed by atoms with Crippen LogP contribution in [0.4, 0.5) is 0 Å². The standard InChI is InChI=1S/C29H27NO2/c1-31-26-19-11-9-17-24(26)20-23-16-8-10-18-25(23)29-30-27(21-12-4-2-5-13-21)28(32-29)22-14-6-3-7-15-22/h2-7,9,11-15,17-19,23H,8,10,16,20H2,1H3. The molecule has 0 spiro atoms. The van der Waals surface area contributed by atoms with Gasteiger partial charge in [-0.1, -0.05) is 84.9 Å². The van der Waals surface area contributed by atoms with Gasteiger partial charge in [-0.15, -0.1) is 0 Å². The van der Waals surface area contributed by atoms with Gasteiger partial charge in [-0.05, 0) is 43.2 Å². The predicted molar refractivity (Wildman–Crippen MR) is 129 cm³/mol. The lowest BCUT2D eigenvalue weighted by Crippen LogP contribution is -2.12. The van der Waals surface area contributed by atoms with E-state index in [-0.39, 0.29) is 0 Å². The maximum Gasteiger partial charge on any atom is 0.223 e. The summed E-state index contributed by atoms with van der Waals surface area (Å²) < 4.78 is 12.1. The van der Waals surface area contributed by atoms with Gasteiger partial charge >= 0.3 is 0 Å². The minimum atomic E-state index is 0.353. The molecular weight excluding hydrogens is 394 g/mol. The number of ether oxygens (including phenoxy) is 1. The molecule has 3 nitrogen and oxygen atoms in total. The molecule has 0 radical (unpaired) electrons. The summed E-state index contributed by atoms with van der Waals surface area (Å²) in [5.41, 5.74) is 5.45. The van der Waals surface area contributed by atoms with Crippen molar-refractivity contribution in [3.05, 3.63) is 102 Å². The molecule has 1 heterocycles. The summed E-state index contributed by atoms with van der Waals surface area (Å²) in [6, 6.07) is 28.9. The molecular formula is C29H27NO2. The smallest absolute Gasteiger partial charge is 0.223 e. The fourth-order valence-electron chi connectivity index (χ4n) is 4.58. The van der Waals surface area contributed by atoms with E-state index >= 15 is 0 Å². The van der Waals surface area contributed by atoms with Crippen molar-refractivity contribution in [3.63, 3.8) is 0 Å². The van der Waals surface area contributed by atoms with Crippen LogP contribution in [0.2, 0.25) is 0 Å². The fourth-order valence-corrected chi connectivity index (χ4v) is 4.58. The average molecular weight is 422 g/mol. The normalized spacial score (nSPS) is 15.9. The third-order valence-corrected chi connectivity index (χ3v) is 6.18. The summed E-state index contributed by atoms with van der Waals surface area (Å²) in [5.74, 6) is 2.86. The molecule has 160 valence electrons. The molecule has 0 aliphatic heterocycles. The third-order valence-electron chi connectivity index (χ3n) is 6.18. The highest BCUT2D eigenvalue weighted by molar-refractivity contribution is 5.79. The molecule has 0 fully saturated rings. The Kier molecular flexibility index (Phi) is 5.89. The van der Waals surface area contributed by atoms with Crippen molar-refractivity contribution in [1.29, 1.82) is 0 Å². The number of rotatable bonds is 6. The second kappa shape index (κ2) is 9.27. The zero-order valence-electron chi connectivity index (χ0n) is 18.3. The summed E-state index contributed by atoms with van der Waals surface area (Å²) in [4.78, 5) is 5.05. The third kappa shape index (κ3) is 4.11. The van der Waals surface area contributed by atoms with Gasteiger partial charge in [0.1, 0.15) is 11.4 Å². The molecule has 1 aliphatic carbocycles. The number of benzene rings is 3. The predicted octanol–water partition coefficient (Wildman–Crippen LogP) is 7.44. The SMILES string of the molecule is COc1ccccc1CC1CCCC=C1c1nc(-c2ccccc2)c(-c2ccccc2)o1. The highest BCUT2D eigenvalue weighted by atomic mass is 16.5. The van der Waals surface area contributed by atoms with Crippen LogP contribution in [0.25, 0.3) is 28.2 Å². The molecule has 1 unspecified atom stereocenters. The number of methoxy groups -OCH3 is 1. The quantitative estimate of drug-likeness (QED) is 0.324. The van der Waals surface area contributed by atoms with Gasteiger partial charge in [0.2, 0.25) is 5.89 Å². The molecule has 0 N–H and O–H groups in total. The van der Waals surface area contributed by atoms with Crippen LogP contribution in [0, 0.1) is 5.92 Å². The van der Waals surface area contributed by atoms with Crippen LogP contribution in [0.3, 0.4) is 0 Å². The van der Waals surface area contributed by atoms with E-state index in [4.69, 9.17) is 14.1 Å². The molecule has 0 amide bonds. The van der Waals surface area contributed by atoms with Crippen LogP contribution in [0.1, 0.15) is 30.7 Å². The number of aromatic nitrogens is 1. The van der Waals surface area contributed by atoms with E-state index in [0.29, 0.717) is 5.92 Å². The first kappa shape index (κ1) is 20.3.